The van der Waals surface area contributed by atoms with E-state index >= 15 is 0 Å². The number of aromatic amines is 1. The zero-order valence-corrected chi connectivity index (χ0v) is 14.4. The minimum absolute atomic E-state index is 0.164. The van der Waals surface area contributed by atoms with Crippen molar-refractivity contribution in [1.82, 2.24) is 4.98 Å². The number of hydrogen-bond donors (Lipinski definition) is 2. The van der Waals surface area contributed by atoms with Gasteiger partial charge in [0.15, 0.2) is 6.61 Å². The summed E-state index contributed by atoms with van der Waals surface area (Å²) in [5, 5.41) is 3.35. The molecule has 0 radical (unpaired) electrons. The summed E-state index contributed by atoms with van der Waals surface area (Å²) in [7, 11) is 0. The molecule has 3 aromatic rings. The number of ether oxygens (including phenoxy) is 1. The maximum atomic E-state index is 13.5. The molecule has 0 saturated carbocycles. The molecule has 0 aliphatic rings. The van der Waals surface area contributed by atoms with E-state index in [1.54, 1.807) is 0 Å². The van der Waals surface area contributed by atoms with Crippen LogP contribution in [0.1, 0.15) is 18.4 Å². The lowest BCUT2D eigenvalue weighted by atomic mass is 10.1. The summed E-state index contributed by atoms with van der Waals surface area (Å²) in [5.41, 5.74) is 1.99. The van der Waals surface area contributed by atoms with E-state index in [2.05, 4.69) is 10.3 Å². The quantitative estimate of drug-likeness (QED) is 0.617. The standard InChI is InChI=1S/C20H18F2N2O3/c21-14-8-9-18(16(22)10-14)24-19(25)12-27-20(26)7-3-4-13-11-23-17-6-2-1-5-15(13)17/h1-2,5-6,8-11,23H,3-4,7,12H2,(H,24,25). The number of nitrogens with one attached hydrogen (secondary N) is 2. The molecule has 140 valence electrons. The Labute approximate surface area is 154 Å². The van der Waals surface area contributed by atoms with Gasteiger partial charge >= 0.3 is 5.97 Å². The highest BCUT2D eigenvalue weighted by Gasteiger charge is 2.11. The van der Waals surface area contributed by atoms with Crippen LogP contribution in [-0.4, -0.2) is 23.5 Å². The smallest absolute Gasteiger partial charge is 0.306 e. The number of aromatic nitrogens is 1. The third-order valence-electron chi connectivity index (χ3n) is 4.07. The van der Waals surface area contributed by atoms with E-state index in [0.717, 1.165) is 28.6 Å². The summed E-state index contributed by atoms with van der Waals surface area (Å²) >= 11 is 0. The van der Waals surface area contributed by atoms with Gasteiger partial charge in [-0.2, -0.15) is 0 Å². The van der Waals surface area contributed by atoms with Crippen LogP contribution in [0.25, 0.3) is 10.9 Å². The van der Waals surface area contributed by atoms with E-state index in [1.165, 1.54) is 0 Å². The van der Waals surface area contributed by atoms with Gasteiger partial charge in [-0.05, 0) is 36.6 Å². The van der Waals surface area contributed by atoms with Crippen LogP contribution >= 0.6 is 0 Å². The van der Waals surface area contributed by atoms with Crippen molar-refractivity contribution in [3.05, 3.63) is 65.9 Å². The third-order valence-corrected chi connectivity index (χ3v) is 4.07. The molecule has 1 amide bonds. The van der Waals surface area contributed by atoms with E-state index in [-0.39, 0.29) is 12.1 Å². The van der Waals surface area contributed by atoms with Crippen molar-refractivity contribution in [2.45, 2.75) is 19.3 Å². The van der Waals surface area contributed by atoms with E-state index in [4.69, 9.17) is 4.74 Å². The van der Waals surface area contributed by atoms with Crippen LogP contribution in [0.2, 0.25) is 0 Å². The Balaban J connectivity index is 1.41. The van der Waals surface area contributed by atoms with Crippen molar-refractivity contribution in [1.29, 1.82) is 0 Å². The summed E-state index contributed by atoms with van der Waals surface area (Å²) in [4.78, 5) is 26.7. The second-order valence-corrected chi connectivity index (χ2v) is 6.05. The molecule has 0 spiro atoms. The van der Waals surface area contributed by atoms with Gasteiger partial charge in [-0.1, -0.05) is 18.2 Å². The van der Waals surface area contributed by atoms with Gasteiger partial charge in [0.25, 0.3) is 5.91 Å². The number of esters is 1. The fraction of sp³-hybridized carbons (Fsp3) is 0.200. The molecule has 3 rings (SSSR count). The van der Waals surface area contributed by atoms with Crippen molar-refractivity contribution in [2.75, 3.05) is 11.9 Å². The van der Waals surface area contributed by atoms with Crippen LogP contribution in [0.5, 0.6) is 0 Å². The molecular formula is C20H18F2N2O3. The Morgan fingerprint density at radius 3 is 2.74 bits per heavy atom. The van der Waals surface area contributed by atoms with Gasteiger partial charge in [0.05, 0.1) is 5.69 Å². The number of hydrogen-bond acceptors (Lipinski definition) is 3. The Morgan fingerprint density at radius 1 is 1.11 bits per heavy atom. The second kappa shape index (κ2) is 8.44. The Morgan fingerprint density at radius 2 is 1.93 bits per heavy atom. The Hall–Kier alpha value is -3.22. The molecule has 1 heterocycles. The van der Waals surface area contributed by atoms with Crippen molar-refractivity contribution in [3.63, 3.8) is 0 Å². The topological polar surface area (TPSA) is 71.2 Å². The van der Waals surface area contributed by atoms with Crippen LogP contribution in [0.4, 0.5) is 14.5 Å². The molecule has 0 unspecified atom stereocenters. The van der Waals surface area contributed by atoms with Crippen LogP contribution in [0.3, 0.4) is 0 Å². The lowest BCUT2D eigenvalue weighted by Gasteiger charge is -2.07. The van der Waals surface area contributed by atoms with Crippen LogP contribution in [0.15, 0.2) is 48.7 Å². The predicted octanol–water partition coefficient (Wildman–Crippen LogP) is 3.95. The van der Waals surface area contributed by atoms with Gasteiger partial charge in [0, 0.05) is 29.6 Å². The maximum Gasteiger partial charge on any atom is 0.306 e. The van der Waals surface area contributed by atoms with Crippen molar-refractivity contribution >= 4 is 28.5 Å². The fourth-order valence-corrected chi connectivity index (χ4v) is 2.76. The molecule has 0 fully saturated rings. The number of anilines is 1. The number of aryl methyl sites for hydroxylation is 1. The average molecular weight is 372 g/mol. The molecule has 0 aliphatic heterocycles. The van der Waals surface area contributed by atoms with E-state index < -0.39 is 30.1 Å². The number of fused-ring (bicyclic) bond motifs is 1. The number of para-hydroxylation sites is 1. The first-order chi connectivity index (χ1) is 13.0. The van der Waals surface area contributed by atoms with Gasteiger partial charge in [-0.3, -0.25) is 9.59 Å². The number of carbonyl (C=O) groups is 2. The van der Waals surface area contributed by atoms with Gasteiger partial charge in [-0.25, -0.2) is 8.78 Å². The zero-order valence-electron chi connectivity index (χ0n) is 14.4. The van der Waals surface area contributed by atoms with Crippen LogP contribution in [0, 0.1) is 11.6 Å². The van der Waals surface area contributed by atoms with Crippen molar-refractivity contribution < 1.29 is 23.1 Å². The van der Waals surface area contributed by atoms with Crippen molar-refractivity contribution in [3.8, 4) is 0 Å². The molecule has 5 nitrogen and oxygen atoms in total. The Kier molecular flexibility index (Phi) is 5.80. The third kappa shape index (κ3) is 4.91. The van der Waals surface area contributed by atoms with Gasteiger partial charge in [0.1, 0.15) is 11.6 Å². The van der Waals surface area contributed by atoms with E-state index in [0.29, 0.717) is 18.9 Å². The van der Waals surface area contributed by atoms with E-state index in [1.807, 2.05) is 30.5 Å². The lowest BCUT2D eigenvalue weighted by molar-refractivity contribution is -0.147. The number of amides is 1. The molecule has 1 aromatic heterocycles. The van der Waals surface area contributed by atoms with Gasteiger partial charge in [0.2, 0.25) is 0 Å². The lowest BCUT2D eigenvalue weighted by Crippen LogP contribution is -2.21. The molecule has 0 bridgehead atoms. The molecule has 7 heteroatoms. The summed E-state index contributed by atoms with van der Waals surface area (Å²) < 4.78 is 31.2. The maximum absolute atomic E-state index is 13.5. The minimum Gasteiger partial charge on any atom is -0.456 e. The van der Waals surface area contributed by atoms with E-state index in [9.17, 15) is 18.4 Å². The molecule has 2 aromatic carbocycles. The first-order valence-electron chi connectivity index (χ1n) is 8.48. The SMILES string of the molecule is O=C(COC(=O)CCCc1c[nH]c2ccccc12)Nc1ccc(F)cc1F. The summed E-state index contributed by atoms with van der Waals surface area (Å²) in [6.07, 6.45) is 3.36. The summed E-state index contributed by atoms with van der Waals surface area (Å²) in [5.74, 6) is -2.84. The monoisotopic (exact) mass is 372 g/mol. The fourth-order valence-electron chi connectivity index (χ4n) is 2.76. The molecule has 0 aliphatic carbocycles. The highest BCUT2D eigenvalue weighted by molar-refractivity contribution is 5.92. The largest absolute Gasteiger partial charge is 0.456 e. The number of carbonyl (C=O) groups excluding carboxylic acids is 2. The minimum atomic E-state index is -0.895. The van der Waals surface area contributed by atoms with Crippen LogP contribution in [-0.2, 0) is 20.7 Å². The summed E-state index contributed by atoms with van der Waals surface area (Å²) in [6, 6.07) is 10.7. The second-order valence-electron chi connectivity index (χ2n) is 6.05. The molecule has 0 atom stereocenters. The number of benzene rings is 2. The first kappa shape index (κ1) is 18.6. The first-order valence-corrected chi connectivity index (χ1v) is 8.48. The average Bonchev–Trinajstić information content (AvgIpc) is 3.06. The molecule has 27 heavy (non-hydrogen) atoms. The van der Waals surface area contributed by atoms with Crippen LogP contribution < -0.4 is 5.32 Å². The molecule has 2 N–H and O–H groups in total. The highest BCUT2D eigenvalue weighted by Crippen LogP contribution is 2.19. The van der Waals surface area contributed by atoms with Crippen molar-refractivity contribution in [2.24, 2.45) is 0 Å². The molecular weight excluding hydrogens is 354 g/mol. The predicted molar refractivity (Wildman–Crippen MR) is 97.2 cm³/mol. The number of rotatable bonds is 7. The van der Waals surface area contributed by atoms with Gasteiger partial charge < -0.3 is 15.0 Å². The Bertz CT molecular complexity index is 969. The zero-order chi connectivity index (χ0) is 19.2. The van der Waals surface area contributed by atoms with Gasteiger partial charge in [-0.15, -0.1) is 0 Å². The normalized spacial score (nSPS) is 10.7. The number of halogens is 2. The highest BCUT2D eigenvalue weighted by atomic mass is 19.1. The molecule has 0 saturated heterocycles. The number of H-pyrrole nitrogens is 1. The summed E-state index contributed by atoms with van der Waals surface area (Å²) in [6.45, 7) is -0.525.